The van der Waals surface area contributed by atoms with Crippen LogP contribution in [0.5, 0.6) is 0 Å². The van der Waals surface area contributed by atoms with Crippen LogP contribution in [0.3, 0.4) is 0 Å². The lowest BCUT2D eigenvalue weighted by Gasteiger charge is -2.36. The van der Waals surface area contributed by atoms with Crippen molar-refractivity contribution < 1.29 is 18.9 Å². The summed E-state index contributed by atoms with van der Waals surface area (Å²) >= 11 is 0. The summed E-state index contributed by atoms with van der Waals surface area (Å²) in [7, 11) is 0. The minimum atomic E-state index is -0.568. The van der Waals surface area contributed by atoms with Gasteiger partial charge >= 0.3 is 0 Å². The molecule has 0 unspecified atom stereocenters. The molecule has 0 saturated carbocycles. The van der Waals surface area contributed by atoms with Crippen molar-refractivity contribution in [2.24, 2.45) is 0 Å². The molecule has 1 N–H and O–H groups in total. The monoisotopic (exact) mass is 478 g/mol. The number of fused-ring (bicyclic) bond motifs is 1. The summed E-state index contributed by atoms with van der Waals surface area (Å²) in [6.45, 7) is 2.68. The molecule has 1 fully saturated rings. The smallest absolute Gasteiger partial charge is 0.282 e. The minimum absolute atomic E-state index is 0.0224. The predicted molar refractivity (Wildman–Crippen MR) is 125 cm³/mol. The highest BCUT2D eigenvalue weighted by Crippen LogP contribution is 2.26. The molecule has 1 saturated heterocycles. The van der Waals surface area contributed by atoms with Crippen molar-refractivity contribution in [1.82, 2.24) is 20.0 Å². The number of halogens is 1. The summed E-state index contributed by atoms with van der Waals surface area (Å²) in [6.07, 6.45) is 0.473. The number of H-pyrrole nitrogens is 1. The van der Waals surface area contributed by atoms with Crippen molar-refractivity contribution in [3.63, 3.8) is 0 Å². The van der Waals surface area contributed by atoms with Crippen LogP contribution in [0.25, 0.3) is 0 Å². The predicted octanol–water partition coefficient (Wildman–Crippen LogP) is 2.62. The normalized spacial score (nSPS) is 15.6. The van der Waals surface area contributed by atoms with Gasteiger partial charge in [0.05, 0.1) is 11.5 Å². The molecule has 0 spiro atoms. The first-order chi connectivity index (χ1) is 16.9. The quantitative estimate of drug-likeness (QED) is 0.455. The van der Waals surface area contributed by atoms with Gasteiger partial charge in [-0.15, -0.1) is 0 Å². The van der Waals surface area contributed by atoms with Crippen LogP contribution in [0.1, 0.15) is 32.1 Å². The number of aromatic nitrogens is 2. The van der Waals surface area contributed by atoms with Gasteiger partial charge in [-0.25, -0.2) is 4.39 Å². The second-order valence-electron chi connectivity index (χ2n) is 8.54. The third-order valence-corrected chi connectivity index (χ3v) is 6.51. The number of nitrogens with one attached hydrogen (secondary N) is 1. The van der Waals surface area contributed by atoms with Crippen LogP contribution in [0.15, 0.2) is 48.5 Å². The fraction of sp³-hybridized carbons (Fsp3) is 0.292. The first-order valence-corrected chi connectivity index (χ1v) is 11.3. The van der Waals surface area contributed by atoms with E-state index < -0.39 is 10.8 Å². The van der Waals surface area contributed by atoms with E-state index in [0.717, 1.165) is 11.4 Å². The van der Waals surface area contributed by atoms with Crippen molar-refractivity contribution in [2.45, 2.75) is 13.0 Å². The topological polar surface area (TPSA) is 116 Å². The van der Waals surface area contributed by atoms with E-state index >= 15 is 0 Å². The van der Waals surface area contributed by atoms with E-state index in [1.807, 2.05) is 0 Å². The van der Waals surface area contributed by atoms with Crippen molar-refractivity contribution in [3.8, 4) is 0 Å². The van der Waals surface area contributed by atoms with Crippen LogP contribution >= 0.6 is 0 Å². The molecule has 0 radical (unpaired) electrons. The number of nitrogens with zero attached hydrogens (tertiary/aromatic N) is 5. The average Bonchev–Trinajstić information content (AvgIpc) is 3.31. The Hall–Kier alpha value is -4.28. The van der Waals surface area contributed by atoms with E-state index in [9.17, 15) is 24.1 Å². The van der Waals surface area contributed by atoms with Gasteiger partial charge in [0.1, 0.15) is 11.4 Å². The third kappa shape index (κ3) is 4.32. The van der Waals surface area contributed by atoms with Crippen LogP contribution in [0.4, 0.5) is 15.8 Å². The molecule has 2 aliphatic rings. The number of amides is 2. The van der Waals surface area contributed by atoms with Gasteiger partial charge in [0.15, 0.2) is 5.69 Å². The number of benzene rings is 2. The molecule has 11 heteroatoms. The summed E-state index contributed by atoms with van der Waals surface area (Å²) in [5.74, 6) is -0.961. The number of carbonyl (C=O) groups excluding carboxylic acids is 2. The maximum atomic E-state index is 13.3. The molecule has 35 heavy (non-hydrogen) atoms. The average molecular weight is 478 g/mol. The van der Waals surface area contributed by atoms with Crippen molar-refractivity contribution >= 4 is 23.2 Å². The summed E-state index contributed by atoms with van der Waals surface area (Å²) < 4.78 is 13.2. The molecule has 180 valence electrons. The summed E-state index contributed by atoms with van der Waals surface area (Å²) in [4.78, 5) is 42.5. The molecule has 2 aliphatic heterocycles. The number of hydrogen-bond donors (Lipinski definition) is 1. The summed E-state index contributed by atoms with van der Waals surface area (Å²) in [5, 5.41) is 18.5. The van der Waals surface area contributed by atoms with Gasteiger partial charge in [0.25, 0.3) is 17.5 Å². The van der Waals surface area contributed by atoms with Gasteiger partial charge in [-0.2, -0.15) is 5.10 Å². The van der Waals surface area contributed by atoms with E-state index in [4.69, 9.17) is 0 Å². The van der Waals surface area contributed by atoms with Crippen molar-refractivity contribution in [2.75, 3.05) is 37.6 Å². The van der Waals surface area contributed by atoms with E-state index in [1.54, 1.807) is 23.1 Å². The van der Waals surface area contributed by atoms with Crippen molar-refractivity contribution in [1.29, 1.82) is 0 Å². The Labute approximate surface area is 200 Å². The zero-order valence-corrected chi connectivity index (χ0v) is 18.8. The lowest BCUT2D eigenvalue weighted by Crippen LogP contribution is -2.49. The standard InChI is InChI=1S/C24H23FN6O4/c25-16-5-7-17(8-6-16)28-11-13-29(14-12-28)24(33)22-19-15-30(10-9-20(19)26-27-22)23(32)18-3-1-2-4-21(18)31(34)35/h1-8H,9-15H2,(H,26,27). The Balaban J connectivity index is 1.29. The van der Waals surface area contributed by atoms with Crippen LogP contribution in [0, 0.1) is 15.9 Å². The van der Waals surface area contributed by atoms with Gasteiger partial charge in [0.2, 0.25) is 0 Å². The number of nitro groups is 1. The lowest BCUT2D eigenvalue weighted by atomic mass is 10.0. The Morgan fingerprint density at radius 2 is 1.66 bits per heavy atom. The van der Waals surface area contributed by atoms with Gasteiger partial charge in [-0.3, -0.25) is 24.8 Å². The number of piperazine rings is 1. The van der Waals surface area contributed by atoms with Gasteiger partial charge in [0, 0.05) is 62.2 Å². The number of nitro benzene ring substituents is 1. The fourth-order valence-corrected chi connectivity index (χ4v) is 4.60. The highest BCUT2D eigenvalue weighted by Gasteiger charge is 2.33. The van der Waals surface area contributed by atoms with Crippen molar-refractivity contribution in [3.05, 3.63) is 87.0 Å². The second-order valence-corrected chi connectivity index (χ2v) is 8.54. The second kappa shape index (κ2) is 9.16. The third-order valence-electron chi connectivity index (χ3n) is 6.51. The summed E-state index contributed by atoms with van der Waals surface area (Å²) in [5.41, 5.74) is 2.40. The molecule has 0 atom stereocenters. The maximum absolute atomic E-state index is 13.3. The first-order valence-electron chi connectivity index (χ1n) is 11.3. The number of hydrogen-bond acceptors (Lipinski definition) is 6. The minimum Gasteiger partial charge on any atom is -0.368 e. The Bertz CT molecular complexity index is 1280. The van der Waals surface area contributed by atoms with E-state index in [1.165, 1.54) is 35.2 Å². The zero-order valence-electron chi connectivity index (χ0n) is 18.8. The molecule has 2 aromatic carbocycles. The van der Waals surface area contributed by atoms with E-state index in [2.05, 4.69) is 15.1 Å². The maximum Gasteiger partial charge on any atom is 0.282 e. The number of para-hydroxylation sites is 1. The largest absolute Gasteiger partial charge is 0.368 e. The summed E-state index contributed by atoms with van der Waals surface area (Å²) in [6, 6.07) is 12.1. The number of anilines is 1. The lowest BCUT2D eigenvalue weighted by molar-refractivity contribution is -0.385. The zero-order chi connectivity index (χ0) is 24.5. The van der Waals surface area contributed by atoms with Crippen LogP contribution in [0.2, 0.25) is 0 Å². The van der Waals surface area contributed by atoms with Crippen LogP contribution < -0.4 is 4.90 Å². The molecule has 3 aromatic rings. The Morgan fingerprint density at radius 1 is 0.943 bits per heavy atom. The van der Waals surface area contributed by atoms with Gasteiger partial charge in [-0.05, 0) is 30.3 Å². The molecule has 5 rings (SSSR count). The molecule has 3 heterocycles. The molecule has 2 amide bonds. The molecule has 1 aromatic heterocycles. The number of aromatic amines is 1. The van der Waals surface area contributed by atoms with Crippen LogP contribution in [-0.4, -0.2) is 69.5 Å². The highest BCUT2D eigenvalue weighted by molar-refractivity contribution is 5.99. The molecular weight excluding hydrogens is 455 g/mol. The van der Waals surface area contributed by atoms with Gasteiger partial charge < -0.3 is 14.7 Å². The first kappa shape index (κ1) is 22.5. The Morgan fingerprint density at radius 3 is 2.37 bits per heavy atom. The molecule has 10 nitrogen and oxygen atoms in total. The number of carbonyl (C=O) groups is 2. The molecule has 0 bridgehead atoms. The van der Waals surface area contributed by atoms with Crippen LogP contribution in [-0.2, 0) is 13.0 Å². The van der Waals surface area contributed by atoms with Gasteiger partial charge in [-0.1, -0.05) is 12.1 Å². The SMILES string of the molecule is O=C(c1ccccc1[N+](=O)[O-])N1CCc2[nH]nc(C(=O)N3CCN(c4ccc(F)cc4)CC3)c2C1. The molecular formula is C24H23FN6O4. The molecule has 0 aliphatic carbocycles. The van der Waals surface area contributed by atoms with E-state index in [-0.39, 0.29) is 35.2 Å². The fourth-order valence-electron chi connectivity index (χ4n) is 4.60. The highest BCUT2D eigenvalue weighted by atomic mass is 19.1. The van der Waals surface area contributed by atoms with E-state index in [0.29, 0.717) is 44.7 Å². The number of rotatable bonds is 4. The Kier molecular flexibility index (Phi) is 5.89.